The van der Waals surface area contributed by atoms with E-state index in [1.807, 2.05) is 6.92 Å². The van der Waals surface area contributed by atoms with E-state index >= 15 is 0 Å². The standard InChI is InChI=1S/C42H51NO7/c1-8-9-10-11-12-13-14-15-18-43(3,4)19-16-17-25-26-20-24(2)21-27-33-32(26)38-34(40(25)46)28(44)22-30(48-5)36(38)37-31(49-6)23-29(45)35(39(33)37)41(47)42(27)50-7/h20,22-23H,8-19,21H2,1-7H3,(H-,44,45,46,47)/p+1. The van der Waals surface area contributed by atoms with Gasteiger partial charge < -0.3 is 28.9 Å². The average molecular weight is 683 g/mol. The molecule has 0 atom stereocenters. The molecule has 0 bridgehead atoms. The van der Waals surface area contributed by atoms with Gasteiger partial charge in [-0.15, -0.1) is 0 Å². The lowest BCUT2D eigenvalue weighted by Crippen LogP contribution is -2.41. The summed E-state index contributed by atoms with van der Waals surface area (Å²) in [6, 6.07) is 2.76. The second-order valence-corrected chi connectivity index (χ2v) is 14.9. The van der Waals surface area contributed by atoms with Crippen molar-refractivity contribution in [3.8, 4) is 28.7 Å². The van der Waals surface area contributed by atoms with Crippen LogP contribution in [0.15, 0.2) is 27.3 Å². The van der Waals surface area contributed by atoms with Crippen LogP contribution in [0.5, 0.6) is 28.7 Å². The number of fused-ring (bicyclic) bond motifs is 1. The Morgan fingerprint density at radius 2 is 1.20 bits per heavy atom. The minimum atomic E-state index is -0.399. The normalized spacial score (nSPS) is 13.2. The molecular weight excluding hydrogens is 630 g/mol. The molecule has 8 heteroatoms. The number of quaternary nitrogens is 1. The van der Waals surface area contributed by atoms with E-state index < -0.39 is 5.43 Å². The molecule has 0 radical (unpaired) electrons. The topological polar surface area (TPSA) is 102 Å². The third-order valence-corrected chi connectivity index (χ3v) is 11.0. The lowest BCUT2D eigenvalue weighted by molar-refractivity contribution is -0.890. The number of hydrogen-bond acceptors (Lipinski definition) is 7. The molecule has 266 valence electrons. The van der Waals surface area contributed by atoms with Crippen LogP contribution in [0.4, 0.5) is 0 Å². The van der Waals surface area contributed by atoms with E-state index in [0.717, 1.165) is 51.5 Å². The molecule has 0 saturated carbocycles. The highest BCUT2D eigenvalue weighted by atomic mass is 16.5. The molecule has 50 heavy (non-hydrogen) atoms. The van der Waals surface area contributed by atoms with Crippen molar-refractivity contribution < 1.29 is 28.9 Å². The van der Waals surface area contributed by atoms with Gasteiger partial charge in [0.15, 0.2) is 22.4 Å². The van der Waals surface area contributed by atoms with Crippen molar-refractivity contribution in [2.24, 2.45) is 0 Å². The predicted molar refractivity (Wildman–Crippen MR) is 204 cm³/mol. The zero-order valence-corrected chi connectivity index (χ0v) is 30.8. The molecule has 0 aliphatic heterocycles. The number of ether oxygens (including phenoxy) is 3. The minimum Gasteiger partial charge on any atom is -0.507 e. The van der Waals surface area contributed by atoms with E-state index in [9.17, 15) is 19.8 Å². The first-order chi connectivity index (χ1) is 24.0. The van der Waals surface area contributed by atoms with Crippen LogP contribution in [0.25, 0.3) is 49.2 Å². The molecule has 0 fully saturated rings. The summed E-state index contributed by atoms with van der Waals surface area (Å²) in [5, 5.41) is 27.7. The smallest absolute Gasteiger partial charge is 0.194 e. The van der Waals surface area contributed by atoms with Gasteiger partial charge in [-0.1, -0.05) is 57.1 Å². The monoisotopic (exact) mass is 682 g/mol. The SMILES string of the molecule is CCCCCCCCCC[N+](C)(C)CCCc1c(O)c2c(=O)cc(OC)c3c4c(OC)cc(=O)c5c(O)c(OC)c6c(c(c1C=C(C)C6)c23)c54. The van der Waals surface area contributed by atoms with Gasteiger partial charge in [0, 0.05) is 51.2 Å². The van der Waals surface area contributed by atoms with E-state index in [1.54, 1.807) is 0 Å². The third kappa shape index (κ3) is 5.95. The molecule has 0 aromatic heterocycles. The van der Waals surface area contributed by atoms with Crippen LogP contribution in [0.1, 0.15) is 88.3 Å². The molecule has 0 heterocycles. The summed E-state index contributed by atoms with van der Waals surface area (Å²) in [6.07, 6.45) is 14.2. The predicted octanol–water partition coefficient (Wildman–Crippen LogP) is 8.44. The number of allylic oxidation sites excluding steroid dienone is 1. The van der Waals surface area contributed by atoms with Gasteiger partial charge in [0.25, 0.3) is 0 Å². The van der Waals surface area contributed by atoms with Gasteiger partial charge >= 0.3 is 0 Å². The lowest BCUT2D eigenvalue weighted by Gasteiger charge is -2.30. The summed E-state index contributed by atoms with van der Waals surface area (Å²) in [4.78, 5) is 27.7. The van der Waals surface area contributed by atoms with Crippen LogP contribution in [0.3, 0.4) is 0 Å². The van der Waals surface area contributed by atoms with Gasteiger partial charge in [0.1, 0.15) is 17.2 Å². The Labute approximate surface area is 294 Å². The first kappa shape index (κ1) is 35.5. The minimum absolute atomic E-state index is 0.0154. The summed E-state index contributed by atoms with van der Waals surface area (Å²) in [5.74, 6) is 0.605. The number of methoxy groups -OCH3 is 3. The van der Waals surface area contributed by atoms with Crippen LogP contribution in [-0.4, -0.2) is 63.2 Å². The van der Waals surface area contributed by atoms with Crippen molar-refractivity contribution in [2.45, 2.75) is 84.5 Å². The Kier molecular flexibility index (Phi) is 10.0. The average Bonchev–Trinajstić information content (AvgIpc) is 3.23. The highest BCUT2D eigenvalue weighted by molar-refractivity contribution is 6.39. The number of hydrogen-bond donors (Lipinski definition) is 2. The molecular formula is C42H52NO7+. The van der Waals surface area contributed by atoms with Crippen LogP contribution < -0.4 is 25.1 Å². The number of nitrogens with zero attached hydrogens (tertiary/aromatic N) is 1. The zero-order valence-electron chi connectivity index (χ0n) is 30.8. The van der Waals surface area contributed by atoms with E-state index in [2.05, 4.69) is 27.1 Å². The Morgan fingerprint density at radius 1 is 0.660 bits per heavy atom. The van der Waals surface area contributed by atoms with E-state index in [1.165, 1.54) is 84.8 Å². The van der Waals surface area contributed by atoms with Crippen molar-refractivity contribution in [3.05, 3.63) is 54.8 Å². The van der Waals surface area contributed by atoms with Gasteiger partial charge in [-0.2, -0.15) is 0 Å². The Hall–Kier alpha value is -4.30. The third-order valence-electron chi connectivity index (χ3n) is 11.0. The summed E-state index contributed by atoms with van der Waals surface area (Å²) >= 11 is 0. The first-order valence-corrected chi connectivity index (χ1v) is 18.2. The number of aromatic hydroxyl groups is 2. The van der Waals surface area contributed by atoms with E-state index in [-0.39, 0.29) is 33.4 Å². The summed E-state index contributed by atoms with van der Waals surface area (Å²) in [5.41, 5.74) is 2.51. The second-order valence-electron chi connectivity index (χ2n) is 14.9. The molecule has 0 amide bonds. The molecule has 5 aromatic rings. The summed E-state index contributed by atoms with van der Waals surface area (Å²) < 4.78 is 18.3. The Balaban J connectivity index is 1.52. The maximum absolute atomic E-state index is 14.0. The fourth-order valence-corrected chi connectivity index (χ4v) is 8.53. The maximum Gasteiger partial charge on any atom is 0.194 e. The van der Waals surface area contributed by atoms with Gasteiger partial charge in [-0.3, -0.25) is 9.59 Å². The van der Waals surface area contributed by atoms with Crippen molar-refractivity contribution in [3.63, 3.8) is 0 Å². The van der Waals surface area contributed by atoms with Crippen LogP contribution in [0, 0.1) is 0 Å². The van der Waals surface area contributed by atoms with Crippen LogP contribution in [-0.2, 0) is 12.8 Å². The number of rotatable bonds is 16. The fourth-order valence-electron chi connectivity index (χ4n) is 8.53. The van der Waals surface area contributed by atoms with Crippen molar-refractivity contribution >= 4 is 49.2 Å². The molecule has 1 aliphatic carbocycles. The Morgan fingerprint density at radius 3 is 1.78 bits per heavy atom. The highest BCUT2D eigenvalue weighted by Gasteiger charge is 2.33. The van der Waals surface area contributed by atoms with E-state index in [4.69, 9.17) is 14.2 Å². The quantitative estimate of drug-likeness (QED) is 0.0466. The zero-order chi connectivity index (χ0) is 35.9. The van der Waals surface area contributed by atoms with Crippen LogP contribution >= 0.6 is 0 Å². The number of phenols is 2. The molecule has 0 spiro atoms. The van der Waals surface area contributed by atoms with Gasteiger partial charge in [-0.05, 0) is 48.9 Å². The number of phenolic OH excluding ortho intramolecular Hbond substituents is 2. The number of benzene rings is 5. The maximum atomic E-state index is 14.0. The van der Waals surface area contributed by atoms with Crippen molar-refractivity contribution in [1.29, 1.82) is 0 Å². The largest absolute Gasteiger partial charge is 0.507 e. The molecule has 2 N–H and O–H groups in total. The molecule has 1 aliphatic rings. The highest BCUT2D eigenvalue weighted by Crippen LogP contribution is 2.55. The summed E-state index contributed by atoms with van der Waals surface area (Å²) in [6.45, 7) is 6.28. The first-order valence-electron chi connectivity index (χ1n) is 18.2. The van der Waals surface area contributed by atoms with Gasteiger partial charge in [0.05, 0.1) is 59.3 Å². The van der Waals surface area contributed by atoms with Gasteiger partial charge in [0.2, 0.25) is 0 Å². The molecule has 6 rings (SSSR count). The Bertz CT molecular complexity index is 2220. The molecule has 0 saturated heterocycles. The second kappa shape index (κ2) is 14.1. The van der Waals surface area contributed by atoms with Crippen molar-refractivity contribution in [2.75, 3.05) is 48.5 Å². The lowest BCUT2D eigenvalue weighted by atomic mass is 9.82. The summed E-state index contributed by atoms with van der Waals surface area (Å²) in [7, 11) is 9.03. The van der Waals surface area contributed by atoms with Gasteiger partial charge in [-0.25, -0.2) is 0 Å². The fraction of sp³-hybridized carbons (Fsp3) is 0.476. The molecule has 5 aromatic carbocycles. The van der Waals surface area contributed by atoms with Crippen molar-refractivity contribution in [1.82, 2.24) is 0 Å². The van der Waals surface area contributed by atoms with Crippen LogP contribution in [0.2, 0.25) is 0 Å². The van der Waals surface area contributed by atoms with E-state index in [0.29, 0.717) is 51.4 Å². The molecule has 8 nitrogen and oxygen atoms in total. The molecule has 0 unspecified atom stereocenters. The number of unbranched alkanes of at least 4 members (excludes halogenated alkanes) is 7.